The van der Waals surface area contributed by atoms with Crippen LogP contribution in [0, 0.1) is 11.8 Å². The summed E-state index contributed by atoms with van der Waals surface area (Å²) in [7, 11) is -3.89. The molecule has 10 heteroatoms. The van der Waals surface area contributed by atoms with E-state index in [1.54, 1.807) is 0 Å². The Kier molecular flexibility index (Phi) is 4.09. The quantitative estimate of drug-likeness (QED) is 0.463. The number of hydrogen-bond donors (Lipinski definition) is 4. The van der Waals surface area contributed by atoms with Crippen molar-refractivity contribution in [2.75, 3.05) is 5.75 Å². The minimum absolute atomic E-state index is 0. The molecule has 0 aromatic heterocycles. The molecular formula is C11H18N2O7S. The van der Waals surface area contributed by atoms with Gasteiger partial charge in [-0.15, -0.1) is 0 Å². The van der Waals surface area contributed by atoms with E-state index in [-0.39, 0.29) is 7.43 Å². The summed E-state index contributed by atoms with van der Waals surface area (Å²) in [5.41, 5.74) is 3.21. The number of carboxylic acids is 2. The minimum Gasteiger partial charge on any atom is -0.481 e. The summed E-state index contributed by atoms with van der Waals surface area (Å²) in [6.07, 6.45) is 0. The predicted molar refractivity (Wildman–Crippen MR) is 71.1 cm³/mol. The zero-order chi connectivity index (χ0) is 15.5. The normalized spacial score (nSPS) is 36.8. The van der Waals surface area contributed by atoms with Crippen molar-refractivity contribution in [1.82, 2.24) is 5.32 Å². The highest BCUT2D eigenvalue weighted by atomic mass is 32.2. The van der Waals surface area contributed by atoms with Crippen LogP contribution in [0.25, 0.3) is 0 Å². The molecule has 0 aromatic carbocycles. The van der Waals surface area contributed by atoms with E-state index in [2.05, 4.69) is 5.32 Å². The van der Waals surface area contributed by atoms with Crippen LogP contribution in [-0.4, -0.2) is 59.1 Å². The van der Waals surface area contributed by atoms with E-state index in [0.717, 1.165) is 0 Å². The van der Waals surface area contributed by atoms with Crippen LogP contribution >= 0.6 is 0 Å². The second kappa shape index (κ2) is 4.95. The topological polar surface area (TPSA) is 164 Å². The van der Waals surface area contributed by atoms with E-state index < -0.39 is 62.1 Å². The van der Waals surface area contributed by atoms with Gasteiger partial charge in [-0.05, 0) is 6.92 Å². The maximum Gasteiger partial charge on any atom is 0.330 e. The maximum atomic E-state index is 11.9. The number of carbonyl (C=O) groups is 3. The summed E-state index contributed by atoms with van der Waals surface area (Å²) in [6.45, 7) is 1.31. The number of hydrogen-bond acceptors (Lipinski definition) is 6. The number of amides is 1. The third kappa shape index (κ3) is 2.38. The van der Waals surface area contributed by atoms with Gasteiger partial charge < -0.3 is 21.3 Å². The van der Waals surface area contributed by atoms with Crippen molar-refractivity contribution in [3.63, 3.8) is 0 Å². The molecule has 1 heterocycles. The van der Waals surface area contributed by atoms with Gasteiger partial charge in [0.25, 0.3) is 0 Å². The Morgan fingerprint density at radius 1 is 1.33 bits per heavy atom. The summed E-state index contributed by atoms with van der Waals surface area (Å²) < 4.78 is 23.8. The van der Waals surface area contributed by atoms with Crippen molar-refractivity contribution in [1.29, 1.82) is 0 Å². The molecule has 1 saturated heterocycles. The van der Waals surface area contributed by atoms with Crippen LogP contribution in [0.15, 0.2) is 0 Å². The SMILES string of the molecule is C.C[C@H](N)C(=O)N[C@@]1(C(=O)O)CS(=O)(=O)[C@H]2[C@H](C(=O)O)[C@H]21. The van der Waals surface area contributed by atoms with Crippen LogP contribution in [0.5, 0.6) is 0 Å². The predicted octanol–water partition coefficient (Wildman–Crippen LogP) is -1.96. The smallest absolute Gasteiger partial charge is 0.330 e. The summed E-state index contributed by atoms with van der Waals surface area (Å²) in [5, 5.41) is 19.1. The Balaban J connectivity index is 0.00000220. The monoisotopic (exact) mass is 322 g/mol. The molecule has 0 unspecified atom stereocenters. The summed E-state index contributed by atoms with van der Waals surface area (Å²) in [4.78, 5) is 34.1. The number of aliphatic carboxylic acids is 2. The molecule has 2 rings (SSSR count). The fourth-order valence-electron chi connectivity index (χ4n) is 2.83. The molecule has 0 bridgehead atoms. The number of rotatable bonds is 4. The van der Waals surface area contributed by atoms with E-state index in [0.29, 0.717) is 0 Å². The van der Waals surface area contributed by atoms with Crippen molar-refractivity contribution >= 4 is 27.7 Å². The summed E-state index contributed by atoms with van der Waals surface area (Å²) >= 11 is 0. The molecule has 120 valence electrons. The highest BCUT2D eigenvalue weighted by Crippen LogP contribution is 2.57. The van der Waals surface area contributed by atoms with Crippen molar-refractivity contribution in [2.45, 2.75) is 31.2 Å². The molecule has 1 saturated carbocycles. The van der Waals surface area contributed by atoms with Gasteiger partial charge in [-0.1, -0.05) is 7.43 Å². The largest absolute Gasteiger partial charge is 0.481 e. The van der Waals surface area contributed by atoms with Crippen LogP contribution in [0.1, 0.15) is 14.4 Å². The van der Waals surface area contributed by atoms with Gasteiger partial charge in [0.15, 0.2) is 15.4 Å². The van der Waals surface area contributed by atoms with E-state index in [1.165, 1.54) is 6.92 Å². The minimum atomic E-state index is -3.89. The highest BCUT2D eigenvalue weighted by molar-refractivity contribution is 7.92. The first kappa shape index (κ1) is 17.4. The zero-order valence-electron chi connectivity index (χ0n) is 10.4. The van der Waals surface area contributed by atoms with E-state index in [9.17, 15) is 27.9 Å². The Morgan fingerprint density at radius 2 is 1.86 bits per heavy atom. The van der Waals surface area contributed by atoms with Crippen molar-refractivity contribution < 1.29 is 33.0 Å². The average Bonchev–Trinajstić information content (AvgIpc) is 2.98. The molecule has 2 aliphatic rings. The number of sulfone groups is 1. The maximum absolute atomic E-state index is 11.9. The van der Waals surface area contributed by atoms with E-state index >= 15 is 0 Å². The van der Waals surface area contributed by atoms with Gasteiger partial charge >= 0.3 is 11.9 Å². The van der Waals surface area contributed by atoms with Crippen molar-refractivity contribution in [2.24, 2.45) is 17.6 Å². The molecule has 0 radical (unpaired) electrons. The fourth-order valence-corrected chi connectivity index (χ4v) is 5.54. The number of carbonyl (C=O) groups excluding carboxylic acids is 1. The average molecular weight is 322 g/mol. The molecule has 1 aliphatic heterocycles. The second-order valence-corrected chi connectivity index (χ2v) is 7.37. The van der Waals surface area contributed by atoms with Gasteiger partial charge in [-0.3, -0.25) is 9.59 Å². The lowest BCUT2D eigenvalue weighted by molar-refractivity contribution is -0.148. The number of nitrogens with two attached hydrogens (primary N) is 1. The highest BCUT2D eigenvalue weighted by Gasteiger charge is 2.79. The number of fused-ring (bicyclic) bond motifs is 1. The molecule has 0 spiro atoms. The lowest BCUT2D eigenvalue weighted by Crippen LogP contribution is -2.61. The fraction of sp³-hybridized carbons (Fsp3) is 0.727. The lowest BCUT2D eigenvalue weighted by Gasteiger charge is -2.28. The molecular weight excluding hydrogens is 304 g/mol. The zero-order valence-corrected chi connectivity index (χ0v) is 11.3. The first-order valence-corrected chi connectivity index (χ1v) is 7.51. The van der Waals surface area contributed by atoms with Gasteiger partial charge in [0, 0.05) is 5.92 Å². The lowest BCUT2D eigenvalue weighted by atomic mass is 9.93. The summed E-state index contributed by atoms with van der Waals surface area (Å²) in [6, 6.07) is -1.03. The Labute approximate surface area is 121 Å². The molecule has 5 N–H and O–H groups in total. The third-order valence-corrected chi connectivity index (χ3v) is 6.07. The third-order valence-electron chi connectivity index (χ3n) is 3.79. The van der Waals surface area contributed by atoms with E-state index in [4.69, 9.17) is 10.8 Å². The first-order valence-electron chi connectivity index (χ1n) is 5.80. The molecule has 9 nitrogen and oxygen atoms in total. The molecule has 21 heavy (non-hydrogen) atoms. The van der Waals surface area contributed by atoms with Gasteiger partial charge in [-0.2, -0.15) is 0 Å². The molecule has 5 atom stereocenters. The Bertz CT molecular complexity index is 600. The van der Waals surface area contributed by atoms with Crippen molar-refractivity contribution in [3.8, 4) is 0 Å². The number of carboxylic acid groups (broad SMARTS) is 2. The Hall–Kier alpha value is -1.68. The van der Waals surface area contributed by atoms with Crippen molar-refractivity contribution in [3.05, 3.63) is 0 Å². The Morgan fingerprint density at radius 3 is 2.19 bits per heavy atom. The second-order valence-electron chi connectivity index (χ2n) is 5.22. The van der Waals surface area contributed by atoms with Gasteiger partial charge in [0.05, 0.1) is 23.0 Å². The van der Waals surface area contributed by atoms with Gasteiger partial charge in [-0.25, -0.2) is 13.2 Å². The summed E-state index contributed by atoms with van der Waals surface area (Å²) in [5.74, 6) is -7.06. The van der Waals surface area contributed by atoms with Crippen LogP contribution in [-0.2, 0) is 24.2 Å². The van der Waals surface area contributed by atoms with E-state index in [1.807, 2.05) is 0 Å². The van der Waals surface area contributed by atoms with Crippen LogP contribution in [0.3, 0.4) is 0 Å². The number of nitrogens with one attached hydrogen (secondary N) is 1. The molecule has 0 aromatic rings. The first-order chi connectivity index (χ1) is 9.04. The van der Waals surface area contributed by atoms with Gasteiger partial charge in [0.2, 0.25) is 5.91 Å². The molecule has 1 aliphatic carbocycles. The molecule has 2 fully saturated rings. The molecule has 1 amide bonds. The van der Waals surface area contributed by atoms with Crippen LogP contribution in [0.4, 0.5) is 0 Å². The standard InChI is InChI=1S/C10H14N2O7S.CH4/c1-3(11)7(13)12-10(9(16)17)2-20(18,19)6-4(5(6)10)8(14)15;/h3-6H,2,11H2,1H3,(H,12,13)(H,14,15)(H,16,17);1H4/t3-,4+,5+,6-,10-;/m0./s1. The van der Waals surface area contributed by atoms with Crippen LogP contribution in [0.2, 0.25) is 0 Å². The van der Waals surface area contributed by atoms with Gasteiger partial charge in [0.1, 0.15) is 0 Å². The van der Waals surface area contributed by atoms with Crippen LogP contribution < -0.4 is 11.1 Å².